The molecule has 0 radical (unpaired) electrons. The van der Waals surface area contributed by atoms with Gasteiger partial charge in [0.15, 0.2) is 45.0 Å². The second-order valence-corrected chi connectivity index (χ2v) is 13.0. The predicted molar refractivity (Wildman–Crippen MR) is 168 cm³/mol. The molecule has 4 rings (SSSR count). The number of carbonyl (C=O) groups is 1. The van der Waals surface area contributed by atoms with E-state index in [1.54, 1.807) is 56.9 Å². The minimum absolute atomic E-state index is 0.245. The third-order valence-corrected chi connectivity index (χ3v) is 12.2. The molecule has 3 aromatic rings. The van der Waals surface area contributed by atoms with Gasteiger partial charge in [0.2, 0.25) is 0 Å². The summed E-state index contributed by atoms with van der Waals surface area (Å²) in [4.78, 5) is 12.9. The number of benzene rings is 3. The van der Waals surface area contributed by atoms with Crippen molar-refractivity contribution >= 4 is 23.7 Å². The summed E-state index contributed by atoms with van der Waals surface area (Å²) in [7, 11) is 9.56. The zero-order valence-electron chi connectivity index (χ0n) is 25.8. The second kappa shape index (κ2) is 13.7. The Morgan fingerprint density at radius 3 is 1.28 bits per heavy atom. The third-order valence-electron chi connectivity index (χ3n) is 7.47. The zero-order valence-corrected chi connectivity index (χ0v) is 26.7. The van der Waals surface area contributed by atoms with Gasteiger partial charge >= 0.3 is 0 Å². The number of rotatable bonds is 13. The Bertz CT molecular complexity index is 1380. The Kier molecular flexibility index (Phi) is 10.1. The lowest BCUT2D eigenvalue weighted by molar-refractivity contribution is -0.111. The number of carbonyl (C=O) groups excluding carboxylic acids is 1. The van der Waals surface area contributed by atoms with Crippen LogP contribution in [0.15, 0.2) is 78.3 Å². The van der Waals surface area contributed by atoms with Crippen molar-refractivity contribution in [2.24, 2.45) is 0 Å². The molecule has 0 spiro atoms. The van der Waals surface area contributed by atoms with Gasteiger partial charge in [-0.3, -0.25) is 4.79 Å². The van der Waals surface area contributed by atoms with Crippen molar-refractivity contribution in [2.45, 2.75) is 11.8 Å². The molecule has 0 bridgehead atoms. The molecule has 0 amide bonds. The molecule has 3 aromatic carbocycles. The number of ketones is 1. The lowest BCUT2D eigenvalue weighted by atomic mass is 10.1. The fourth-order valence-corrected chi connectivity index (χ4v) is 11.1. The van der Waals surface area contributed by atoms with Gasteiger partial charge in [-0.2, -0.15) is 0 Å². The van der Waals surface area contributed by atoms with E-state index in [2.05, 4.69) is 12.1 Å². The molecule has 0 unspecified atom stereocenters. The Balaban J connectivity index is 2.34. The molecule has 43 heavy (non-hydrogen) atoms. The maximum Gasteiger partial charge on any atom is 0.193 e. The molecule has 0 heterocycles. The van der Waals surface area contributed by atoms with Crippen molar-refractivity contribution in [3.8, 4) is 34.5 Å². The highest BCUT2D eigenvalue weighted by atomic mass is 31.2. The first-order valence-corrected chi connectivity index (χ1v) is 15.5. The first kappa shape index (κ1) is 31.6. The highest BCUT2D eigenvalue weighted by Gasteiger charge is 2.62. The van der Waals surface area contributed by atoms with E-state index in [1.807, 2.05) is 42.5 Å². The summed E-state index contributed by atoms with van der Waals surface area (Å²) in [5.41, 5.74) is 0.395. The van der Waals surface area contributed by atoms with Crippen LogP contribution < -0.4 is 39.0 Å². The second-order valence-electron chi connectivity index (χ2n) is 9.58. The molecule has 0 fully saturated rings. The van der Waals surface area contributed by atoms with Gasteiger partial charge in [0.1, 0.15) is 30.3 Å². The Labute approximate surface area is 253 Å². The summed E-state index contributed by atoms with van der Waals surface area (Å²) in [6.07, 6.45) is 3.45. The number of ether oxygens (including phenoxy) is 8. The standard InChI is InChI=1S/C33H38O9P/c1-35-23-16-27(39-5)32(28(17-23)40-6)43(20-21-12-10-9-11-13-21,31-25(37-3)14-22(34)15-26(31)38-4)33-29(41-7)18-24(36-2)19-30(33)42-8/h9-19,31H,20H2,1-8H3/q+1. The van der Waals surface area contributed by atoms with Crippen LogP contribution >= 0.6 is 7.26 Å². The normalized spacial score (nSPS) is 13.4. The van der Waals surface area contributed by atoms with Crippen LogP contribution in [0.4, 0.5) is 0 Å². The van der Waals surface area contributed by atoms with Crippen LogP contribution in [0.5, 0.6) is 34.5 Å². The van der Waals surface area contributed by atoms with Crippen molar-refractivity contribution < 1.29 is 42.7 Å². The SMILES string of the molecule is COC1=CC(=O)C=C(OC)C1[P+](Cc1ccccc1)(c1c(OC)cc(OC)cc1OC)c1c(OC)cc(OC)cc1OC. The minimum atomic E-state index is -3.10. The van der Waals surface area contributed by atoms with Crippen molar-refractivity contribution in [1.82, 2.24) is 0 Å². The van der Waals surface area contributed by atoms with E-state index >= 15 is 0 Å². The molecule has 0 saturated carbocycles. The molecule has 0 saturated heterocycles. The molecule has 0 aromatic heterocycles. The maximum absolute atomic E-state index is 12.9. The zero-order chi connectivity index (χ0) is 31.1. The van der Waals surface area contributed by atoms with Crippen molar-refractivity contribution in [3.63, 3.8) is 0 Å². The van der Waals surface area contributed by atoms with Crippen LogP contribution in [0.25, 0.3) is 0 Å². The lowest BCUT2D eigenvalue weighted by Gasteiger charge is -2.38. The lowest BCUT2D eigenvalue weighted by Crippen LogP contribution is -2.39. The molecular formula is C33H38O9P+. The number of hydrogen-bond donors (Lipinski definition) is 0. The summed E-state index contributed by atoms with van der Waals surface area (Å²) < 4.78 is 47.7. The Hall–Kier alpha value is -4.36. The molecule has 0 aliphatic heterocycles. The van der Waals surface area contributed by atoms with Crippen molar-refractivity contribution in [2.75, 3.05) is 56.9 Å². The monoisotopic (exact) mass is 609 g/mol. The van der Waals surface area contributed by atoms with E-state index in [0.29, 0.717) is 52.2 Å². The topological polar surface area (TPSA) is 90.9 Å². The fraction of sp³-hybridized carbons (Fsp3) is 0.303. The van der Waals surface area contributed by atoms with Crippen molar-refractivity contribution in [3.05, 3.63) is 83.8 Å². The first-order chi connectivity index (χ1) is 20.8. The molecule has 1 aliphatic carbocycles. The van der Waals surface area contributed by atoms with E-state index in [9.17, 15) is 4.79 Å². The highest BCUT2D eigenvalue weighted by Crippen LogP contribution is 2.72. The van der Waals surface area contributed by atoms with Crippen LogP contribution in [0.1, 0.15) is 5.56 Å². The Morgan fingerprint density at radius 1 is 0.558 bits per heavy atom. The van der Waals surface area contributed by atoms with Gasteiger partial charge in [-0.1, -0.05) is 30.3 Å². The van der Waals surface area contributed by atoms with E-state index in [1.165, 1.54) is 12.2 Å². The highest BCUT2D eigenvalue weighted by molar-refractivity contribution is 7.90. The third kappa shape index (κ3) is 5.82. The summed E-state index contributed by atoms with van der Waals surface area (Å²) in [6.45, 7) is 0. The van der Waals surface area contributed by atoms with Crippen molar-refractivity contribution in [1.29, 1.82) is 0 Å². The van der Waals surface area contributed by atoms with E-state index < -0.39 is 12.9 Å². The molecule has 228 valence electrons. The fourth-order valence-electron chi connectivity index (χ4n) is 5.65. The van der Waals surface area contributed by atoms with Gasteiger partial charge in [0, 0.05) is 36.4 Å². The maximum atomic E-state index is 12.9. The van der Waals surface area contributed by atoms with E-state index in [0.717, 1.165) is 16.2 Å². The molecular weight excluding hydrogens is 571 g/mol. The summed E-state index contributed by atoms with van der Waals surface area (Å²) in [5.74, 6) is 3.77. The summed E-state index contributed by atoms with van der Waals surface area (Å²) >= 11 is 0. The smallest absolute Gasteiger partial charge is 0.193 e. The number of allylic oxidation sites excluding steroid dienone is 2. The molecule has 0 atom stereocenters. The van der Waals surface area contributed by atoms with Gasteiger partial charge in [-0.05, 0) is 5.56 Å². The largest absolute Gasteiger partial charge is 0.496 e. The summed E-state index contributed by atoms with van der Waals surface area (Å²) in [5, 5.41) is 1.49. The van der Waals surface area contributed by atoms with E-state index in [-0.39, 0.29) is 5.78 Å². The first-order valence-electron chi connectivity index (χ1n) is 13.4. The van der Waals surface area contributed by atoms with Gasteiger partial charge < -0.3 is 37.9 Å². The number of methoxy groups -OCH3 is 8. The average molecular weight is 610 g/mol. The average Bonchev–Trinajstić information content (AvgIpc) is 3.05. The molecule has 9 nitrogen and oxygen atoms in total. The summed E-state index contributed by atoms with van der Waals surface area (Å²) in [6, 6.07) is 17.3. The van der Waals surface area contributed by atoms with Gasteiger partial charge in [-0.25, -0.2) is 0 Å². The van der Waals surface area contributed by atoms with Crippen LogP contribution in [0.2, 0.25) is 0 Å². The van der Waals surface area contributed by atoms with Gasteiger partial charge in [0.25, 0.3) is 0 Å². The minimum Gasteiger partial charge on any atom is -0.496 e. The van der Waals surface area contributed by atoms with Crippen LogP contribution in [-0.2, 0) is 20.4 Å². The molecule has 10 heteroatoms. The van der Waals surface area contributed by atoms with Gasteiger partial charge in [-0.15, -0.1) is 0 Å². The molecule has 1 aliphatic rings. The van der Waals surface area contributed by atoms with Crippen LogP contribution in [0, 0.1) is 0 Å². The van der Waals surface area contributed by atoms with E-state index in [4.69, 9.17) is 37.9 Å². The quantitative estimate of drug-likeness (QED) is 0.251. The van der Waals surface area contributed by atoms with Crippen LogP contribution in [0.3, 0.4) is 0 Å². The molecule has 0 N–H and O–H groups in total. The van der Waals surface area contributed by atoms with Gasteiger partial charge in [0.05, 0.1) is 63.0 Å². The van der Waals surface area contributed by atoms with Crippen LogP contribution in [-0.4, -0.2) is 68.3 Å². The number of hydrogen-bond acceptors (Lipinski definition) is 9. The Morgan fingerprint density at radius 2 is 0.953 bits per heavy atom. The predicted octanol–water partition coefficient (Wildman–Crippen LogP) is 4.92.